The van der Waals surface area contributed by atoms with Crippen LogP contribution in [0.1, 0.15) is 67.3 Å². The van der Waals surface area contributed by atoms with E-state index in [-0.39, 0.29) is 30.2 Å². The fourth-order valence-corrected chi connectivity index (χ4v) is 4.74. The lowest BCUT2D eigenvalue weighted by Gasteiger charge is -2.40. The number of nitrogen functional groups attached to an aromatic ring is 1. The maximum atomic E-state index is 13.7. The number of fused-ring (bicyclic) bond motifs is 1. The molecule has 1 amide bonds. The third-order valence-corrected chi connectivity index (χ3v) is 6.62. The van der Waals surface area contributed by atoms with E-state index in [0.29, 0.717) is 18.2 Å². The summed E-state index contributed by atoms with van der Waals surface area (Å²) in [5.74, 6) is -2.54. The topological polar surface area (TPSA) is 81.9 Å². The first-order valence-corrected chi connectivity index (χ1v) is 12.7. The SMILES string of the molecule is CC[C@@H]1C[C@H](C(=O)OCCc2cc(C(F)(F)F)cc(C(F)(F)F)c2)c2c(ccc(C(F)(F)F)c2N)N1C(=O)OC(C)C. The number of hydrogen-bond donors (Lipinski definition) is 1. The number of hydrogen-bond acceptors (Lipinski definition) is 5. The molecule has 0 unspecified atom stereocenters. The lowest BCUT2D eigenvalue weighted by Crippen LogP contribution is -2.47. The van der Waals surface area contributed by atoms with Crippen LogP contribution < -0.4 is 10.6 Å². The summed E-state index contributed by atoms with van der Waals surface area (Å²) >= 11 is 0. The Morgan fingerprint density at radius 2 is 1.52 bits per heavy atom. The van der Waals surface area contributed by atoms with Gasteiger partial charge in [0.15, 0.2) is 0 Å². The van der Waals surface area contributed by atoms with E-state index in [9.17, 15) is 49.1 Å². The molecule has 0 aromatic heterocycles. The Labute approximate surface area is 234 Å². The zero-order valence-corrected chi connectivity index (χ0v) is 22.5. The highest BCUT2D eigenvalue weighted by Gasteiger charge is 2.44. The van der Waals surface area contributed by atoms with Gasteiger partial charge >= 0.3 is 30.6 Å². The summed E-state index contributed by atoms with van der Waals surface area (Å²) in [6.45, 7) is 4.10. The molecular weight excluding hydrogens is 587 g/mol. The maximum absolute atomic E-state index is 13.7. The van der Waals surface area contributed by atoms with Crippen LogP contribution in [0, 0.1) is 0 Å². The van der Waals surface area contributed by atoms with Crippen molar-refractivity contribution in [3.05, 3.63) is 58.1 Å². The minimum Gasteiger partial charge on any atom is -0.465 e. The van der Waals surface area contributed by atoms with Crippen molar-refractivity contribution >= 4 is 23.4 Å². The molecule has 0 saturated heterocycles. The van der Waals surface area contributed by atoms with Crippen LogP contribution in [0.25, 0.3) is 0 Å². The highest BCUT2D eigenvalue weighted by Crippen LogP contribution is 2.48. The van der Waals surface area contributed by atoms with Crippen molar-refractivity contribution in [1.29, 1.82) is 0 Å². The van der Waals surface area contributed by atoms with Crippen molar-refractivity contribution in [3.63, 3.8) is 0 Å². The molecule has 2 atom stereocenters. The third-order valence-electron chi connectivity index (χ3n) is 6.62. The first kappa shape index (κ1) is 32.9. The fourth-order valence-electron chi connectivity index (χ4n) is 4.74. The van der Waals surface area contributed by atoms with Gasteiger partial charge in [0.25, 0.3) is 0 Å². The molecule has 15 heteroatoms. The van der Waals surface area contributed by atoms with E-state index in [4.69, 9.17) is 15.2 Å². The van der Waals surface area contributed by atoms with Crippen LogP contribution >= 0.6 is 0 Å². The van der Waals surface area contributed by atoms with Crippen molar-refractivity contribution in [3.8, 4) is 0 Å². The van der Waals surface area contributed by atoms with Gasteiger partial charge in [-0.25, -0.2) is 4.79 Å². The molecular formula is C27H27F9N2O4. The Kier molecular flexibility index (Phi) is 9.32. The summed E-state index contributed by atoms with van der Waals surface area (Å²) in [7, 11) is 0. The standard InChI is InChI=1S/C27H27F9N2O4/c1-4-17-12-18(21-20(38(17)24(40)42-13(2)3)6-5-19(22(21)37)27(34,35)36)23(39)41-8-7-14-9-15(25(28,29)30)11-16(10-14)26(31,32)33/h5-6,9-11,13,17-18H,4,7-8,12,37H2,1-3H3/t17-,18+/m1/s1. The second kappa shape index (κ2) is 11.9. The van der Waals surface area contributed by atoms with E-state index in [1.807, 2.05) is 0 Å². The predicted molar refractivity (Wildman–Crippen MR) is 132 cm³/mol. The van der Waals surface area contributed by atoms with E-state index in [1.54, 1.807) is 20.8 Å². The summed E-state index contributed by atoms with van der Waals surface area (Å²) in [6.07, 6.45) is -17.1. The highest BCUT2D eigenvalue weighted by atomic mass is 19.4. The first-order chi connectivity index (χ1) is 19.3. The highest BCUT2D eigenvalue weighted by molar-refractivity contribution is 5.96. The number of esters is 1. The number of rotatable bonds is 6. The summed E-state index contributed by atoms with van der Waals surface area (Å²) in [5, 5.41) is 0. The Bertz CT molecular complexity index is 1290. The molecule has 0 saturated carbocycles. The zero-order valence-electron chi connectivity index (χ0n) is 22.5. The van der Waals surface area contributed by atoms with Crippen molar-refractivity contribution < 1.29 is 58.6 Å². The number of ether oxygens (including phenoxy) is 2. The van der Waals surface area contributed by atoms with Gasteiger partial charge in [-0.3, -0.25) is 9.69 Å². The van der Waals surface area contributed by atoms with E-state index >= 15 is 0 Å². The number of alkyl halides is 9. The van der Waals surface area contributed by atoms with Crippen LogP contribution in [0.15, 0.2) is 30.3 Å². The molecule has 42 heavy (non-hydrogen) atoms. The molecule has 232 valence electrons. The van der Waals surface area contributed by atoms with Gasteiger partial charge in [0.05, 0.1) is 41.0 Å². The molecule has 6 nitrogen and oxygen atoms in total. The molecule has 0 spiro atoms. The quantitative estimate of drug-likeness (QED) is 0.205. The Hall–Kier alpha value is -3.65. The second-order valence-corrected chi connectivity index (χ2v) is 9.94. The number of halogens is 9. The van der Waals surface area contributed by atoms with E-state index < -0.39 is 89.6 Å². The van der Waals surface area contributed by atoms with Crippen LogP contribution in [-0.4, -0.2) is 30.8 Å². The van der Waals surface area contributed by atoms with Gasteiger partial charge < -0.3 is 15.2 Å². The van der Waals surface area contributed by atoms with E-state index in [2.05, 4.69) is 0 Å². The summed E-state index contributed by atoms with van der Waals surface area (Å²) in [5.41, 5.74) is -0.201. The lowest BCUT2D eigenvalue weighted by molar-refractivity contribution is -0.146. The first-order valence-electron chi connectivity index (χ1n) is 12.7. The molecule has 2 N–H and O–H groups in total. The molecule has 1 heterocycles. The van der Waals surface area contributed by atoms with Crippen LogP contribution in [0.5, 0.6) is 0 Å². The average molecular weight is 615 g/mol. The maximum Gasteiger partial charge on any atom is 0.418 e. The van der Waals surface area contributed by atoms with E-state index in [1.165, 1.54) is 0 Å². The number of carbonyl (C=O) groups excluding carboxylic acids is 2. The van der Waals surface area contributed by atoms with Crippen LogP contribution in [0.4, 0.5) is 55.7 Å². The number of carbonyl (C=O) groups is 2. The minimum absolute atomic E-state index is 0.0452. The minimum atomic E-state index is -5.08. The molecule has 2 aromatic rings. The Morgan fingerprint density at radius 3 is 2.00 bits per heavy atom. The second-order valence-electron chi connectivity index (χ2n) is 9.94. The normalized spacial score (nSPS) is 17.7. The molecule has 0 aliphatic carbocycles. The van der Waals surface area contributed by atoms with Crippen molar-refractivity contribution in [1.82, 2.24) is 0 Å². The van der Waals surface area contributed by atoms with Crippen molar-refractivity contribution in [2.75, 3.05) is 17.2 Å². The molecule has 0 radical (unpaired) electrons. The van der Waals surface area contributed by atoms with Gasteiger partial charge in [0, 0.05) is 23.7 Å². The number of anilines is 2. The van der Waals surface area contributed by atoms with Gasteiger partial charge in [-0.1, -0.05) is 6.92 Å². The van der Waals surface area contributed by atoms with Gasteiger partial charge in [-0.2, -0.15) is 39.5 Å². The monoisotopic (exact) mass is 614 g/mol. The fraction of sp³-hybridized carbons (Fsp3) is 0.481. The summed E-state index contributed by atoms with van der Waals surface area (Å²) in [6, 6.07) is 1.83. The smallest absolute Gasteiger partial charge is 0.418 e. The molecule has 1 aliphatic rings. The summed E-state index contributed by atoms with van der Waals surface area (Å²) < 4.78 is 130. The number of nitrogens with zero attached hydrogens (tertiary/aromatic N) is 1. The largest absolute Gasteiger partial charge is 0.465 e. The van der Waals surface area contributed by atoms with Gasteiger partial charge in [-0.05, 0) is 62.6 Å². The van der Waals surface area contributed by atoms with Crippen LogP contribution in [-0.2, 0) is 39.2 Å². The average Bonchev–Trinajstić information content (AvgIpc) is 2.85. The van der Waals surface area contributed by atoms with Crippen LogP contribution in [0.2, 0.25) is 0 Å². The lowest BCUT2D eigenvalue weighted by atomic mass is 9.82. The molecule has 1 aliphatic heterocycles. The molecule has 2 aromatic carbocycles. The number of nitrogens with two attached hydrogens (primary N) is 1. The van der Waals surface area contributed by atoms with Crippen molar-refractivity contribution in [2.45, 2.75) is 76.6 Å². The Balaban J connectivity index is 1.96. The predicted octanol–water partition coefficient (Wildman–Crippen LogP) is 7.73. The van der Waals surface area contributed by atoms with E-state index in [0.717, 1.165) is 11.0 Å². The Morgan fingerprint density at radius 1 is 0.952 bits per heavy atom. The zero-order chi connectivity index (χ0) is 31.8. The van der Waals surface area contributed by atoms with Gasteiger partial charge in [0.1, 0.15) is 0 Å². The van der Waals surface area contributed by atoms with Crippen molar-refractivity contribution in [2.24, 2.45) is 0 Å². The van der Waals surface area contributed by atoms with Gasteiger partial charge in [0.2, 0.25) is 0 Å². The third kappa shape index (κ3) is 7.21. The van der Waals surface area contributed by atoms with Gasteiger partial charge in [-0.15, -0.1) is 0 Å². The molecule has 0 fully saturated rings. The van der Waals surface area contributed by atoms with Crippen LogP contribution in [0.3, 0.4) is 0 Å². The molecule has 3 rings (SSSR count). The number of amides is 1. The summed E-state index contributed by atoms with van der Waals surface area (Å²) in [4.78, 5) is 27.2. The molecule has 0 bridgehead atoms. The number of benzene rings is 2.